The maximum absolute atomic E-state index is 16.7. The molecule has 0 saturated carbocycles. The van der Waals surface area contributed by atoms with E-state index in [1.165, 1.54) is 38.4 Å². The van der Waals surface area contributed by atoms with E-state index in [0.29, 0.717) is 52.0 Å². The number of thiophene rings is 1. The van der Waals surface area contributed by atoms with E-state index in [2.05, 4.69) is 60.6 Å². The lowest BCUT2D eigenvalue weighted by atomic mass is 9.85. The van der Waals surface area contributed by atoms with E-state index >= 15 is 8.78 Å². The Morgan fingerprint density at radius 1 is 1.17 bits per heavy atom. The number of benzene rings is 1. The van der Waals surface area contributed by atoms with Crippen molar-refractivity contribution in [2.24, 2.45) is 5.41 Å². The van der Waals surface area contributed by atoms with Gasteiger partial charge in [0.1, 0.15) is 22.4 Å². The summed E-state index contributed by atoms with van der Waals surface area (Å²) in [6.07, 6.45) is 9.57. The van der Waals surface area contributed by atoms with Crippen LogP contribution in [-0.4, -0.2) is 48.1 Å². The Labute approximate surface area is 289 Å². The number of nitrogen functional groups attached to an aromatic ring is 1. The first-order valence-electron chi connectivity index (χ1n) is 17.3. The van der Waals surface area contributed by atoms with Gasteiger partial charge in [0.15, 0.2) is 5.82 Å². The van der Waals surface area contributed by atoms with Crippen molar-refractivity contribution in [3.63, 3.8) is 0 Å². The molecule has 10 heteroatoms. The average Bonchev–Trinajstić information content (AvgIpc) is 3.83. The molecule has 1 saturated heterocycles. The first-order chi connectivity index (χ1) is 22.9. The quantitative estimate of drug-likeness (QED) is 0.216. The fourth-order valence-corrected chi connectivity index (χ4v) is 8.00. The fourth-order valence-electron chi connectivity index (χ4n) is 7.01. The van der Waals surface area contributed by atoms with Gasteiger partial charge < -0.3 is 20.3 Å². The highest BCUT2D eigenvalue weighted by Gasteiger charge is 2.33. The second-order valence-corrected chi connectivity index (χ2v) is 14.8. The van der Waals surface area contributed by atoms with Crippen molar-refractivity contribution in [2.75, 3.05) is 43.9 Å². The van der Waals surface area contributed by atoms with Crippen molar-refractivity contribution in [3.05, 3.63) is 56.4 Å². The number of allylic oxidation sites excluding steroid dienone is 2. The number of rotatable bonds is 11. The summed E-state index contributed by atoms with van der Waals surface area (Å²) >= 11 is 1.00. The lowest BCUT2D eigenvalue weighted by Crippen LogP contribution is -2.31. The Morgan fingerprint density at radius 3 is 2.46 bits per heavy atom. The molecule has 2 aromatic heterocycles. The van der Waals surface area contributed by atoms with Crippen LogP contribution in [0.4, 0.5) is 19.7 Å². The van der Waals surface area contributed by atoms with Crippen LogP contribution >= 0.6 is 11.3 Å². The largest absolute Gasteiger partial charge is 0.389 e. The highest BCUT2D eigenvalue weighted by molar-refractivity contribution is 7.17. The summed E-state index contributed by atoms with van der Waals surface area (Å²) in [5.74, 6) is -0.516. The third kappa shape index (κ3) is 7.90. The number of nitrogens with two attached hydrogens (primary N) is 1. The van der Waals surface area contributed by atoms with Crippen LogP contribution in [0.15, 0.2) is 17.8 Å². The summed E-state index contributed by atoms with van der Waals surface area (Å²) in [4.78, 5) is 13.9. The van der Waals surface area contributed by atoms with E-state index in [-0.39, 0.29) is 27.6 Å². The van der Waals surface area contributed by atoms with Gasteiger partial charge in [0.05, 0.1) is 23.7 Å². The minimum Gasteiger partial charge on any atom is -0.389 e. The van der Waals surface area contributed by atoms with Crippen molar-refractivity contribution in [3.8, 4) is 6.07 Å². The van der Waals surface area contributed by atoms with Crippen molar-refractivity contribution in [1.82, 2.24) is 14.9 Å². The molecule has 48 heavy (non-hydrogen) atoms. The number of hydrogen-bond acceptors (Lipinski definition) is 8. The molecule has 3 aromatic rings. The third-order valence-corrected chi connectivity index (χ3v) is 10.3. The normalized spacial score (nSPS) is 15.5. The summed E-state index contributed by atoms with van der Waals surface area (Å²) in [7, 11) is 2.22. The van der Waals surface area contributed by atoms with Gasteiger partial charge >= 0.3 is 0 Å². The zero-order valence-corrected chi connectivity index (χ0v) is 30.8. The molecule has 0 atom stereocenters. The van der Waals surface area contributed by atoms with Crippen LogP contribution < -0.4 is 10.6 Å². The molecular weight excluding hydrogens is 627 g/mol. The Hall–Kier alpha value is -3.39. The summed E-state index contributed by atoms with van der Waals surface area (Å²) in [6, 6.07) is 2.13. The molecule has 1 aromatic carbocycles. The molecule has 0 radical (unpaired) electrons. The number of aromatic nitrogens is 2. The highest BCUT2D eigenvalue weighted by Crippen LogP contribution is 2.47. The molecule has 5 rings (SSSR count). The Kier molecular flexibility index (Phi) is 12.7. The van der Waals surface area contributed by atoms with Crippen molar-refractivity contribution in [2.45, 2.75) is 100 Å². The smallest absolute Gasteiger partial charge is 0.225 e. The Balaban J connectivity index is 0.000000371. The van der Waals surface area contributed by atoms with E-state index in [0.717, 1.165) is 48.4 Å². The van der Waals surface area contributed by atoms with Crippen LogP contribution in [0.1, 0.15) is 120 Å². The van der Waals surface area contributed by atoms with Gasteiger partial charge in [-0.2, -0.15) is 5.26 Å². The van der Waals surface area contributed by atoms with Crippen LogP contribution in [-0.2, 0) is 18.0 Å². The molecule has 7 nitrogen and oxygen atoms in total. The second-order valence-electron chi connectivity index (χ2n) is 13.7. The first-order valence-corrected chi connectivity index (χ1v) is 18.1. The van der Waals surface area contributed by atoms with E-state index in [1.807, 2.05) is 13.8 Å². The van der Waals surface area contributed by atoms with Crippen molar-refractivity contribution >= 4 is 44.6 Å². The van der Waals surface area contributed by atoms with Crippen LogP contribution in [0.25, 0.3) is 22.3 Å². The molecule has 0 unspecified atom stereocenters. The lowest BCUT2D eigenvalue weighted by molar-refractivity contribution is 0.134. The molecule has 0 amide bonds. The summed E-state index contributed by atoms with van der Waals surface area (Å²) < 4.78 is 37.5. The second kappa shape index (κ2) is 16.3. The van der Waals surface area contributed by atoms with Gasteiger partial charge in [-0.15, -0.1) is 11.3 Å². The fraction of sp³-hybridized carbons (Fsp3) is 0.553. The molecular formula is C38H52F2N6OS. The van der Waals surface area contributed by atoms with Gasteiger partial charge in [-0.25, -0.2) is 18.7 Å². The number of halogens is 2. The number of hydrogen-bond donors (Lipinski definition) is 1. The summed E-state index contributed by atoms with van der Waals surface area (Å²) in [5, 5.41) is 10.8. The van der Waals surface area contributed by atoms with E-state index in [9.17, 15) is 5.26 Å². The van der Waals surface area contributed by atoms with Crippen LogP contribution in [0.5, 0.6) is 0 Å². The number of nitrogens with zero attached hydrogens (tertiary/aromatic N) is 5. The SMILES string of the molecule is C/C=C(/F)c1sc(N)c(C#N)c1/C(=C(\C)CC)c1c2c(c3cnc(N4CCCC4)nc3c1F)COC2.CCCN(C)CC(C)(C)CCC. The predicted molar refractivity (Wildman–Crippen MR) is 196 cm³/mol. The number of fused-ring (bicyclic) bond motifs is 3. The minimum absolute atomic E-state index is 0.155. The number of anilines is 2. The maximum atomic E-state index is 16.7. The van der Waals surface area contributed by atoms with Gasteiger partial charge in [0.25, 0.3) is 0 Å². The van der Waals surface area contributed by atoms with Crippen molar-refractivity contribution < 1.29 is 13.5 Å². The Morgan fingerprint density at radius 2 is 1.85 bits per heavy atom. The zero-order valence-electron chi connectivity index (χ0n) is 30.0. The van der Waals surface area contributed by atoms with Gasteiger partial charge in [-0.1, -0.05) is 52.7 Å². The molecule has 0 spiro atoms. The maximum Gasteiger partial charge on any atom is 0.225 e. The molecule has 0 bridgehead atoms. The number of nitriles is 1. The van der Waals surface area contributed by atoms with E-state index in [1.54, 1.807) is 13.1 Å². The summed E-state index contributed by atoms with van der Waals surface area (Å²) in [6.45, 7) is 19.3. The van der Waals surface area contributed by atoms with Crippen LogP contribution in [0.3, 0.4) is 0 Å². The minimum atomic E-state index is -0.514. The predicted octanol–water partition coefficient (Wildman–Crippen LogP) is 9.63. The van der Waals surface area contributed by atoms with Crippen molar-refractivity contribution in [1.29, 1.82) is 5.26 Å². The lowest BCUT2D eigenvalue weighted by Gasteiger charge is -2.29. The highest BCUT2D eigenvalue weighted by atomic mass is 32.1. The Bertz CT molecular complexity index is 1710. The molecule has 2 aliphatic rings. The topological polar surface area (TPSA) is 91.3 Å². The van der Waals surface area contributed by atoms with Gasteiger partial charge in [-0.05, 0) is 81.7 Å². The third-order valence-electron chi connectivity index (χ3n) is 9.28. The summed E-state index contributed by atoms with van der Waals surface area (Å²) in [5.41, 5.74) is 10.5. The average molecular weight is 679 g/mol. The van der Waals surface area contributed by atoms with Gasteiger partial charge in [0, 0.05) is 42.3 Å². The molecule has 4 heterocycles. The standard InChI is InChI=1S/C27H27F2N5OS.C11H25N/c1-4-14(3)20(22-15(10-30)26(31)36-25(22)19(28)5-2)21-18-13-35-12-17(18)16-11-32-27(33-24(16)23(21)29)34-8-6-7-9-34;1-6-8-11(3,4)10-12(5)9-7-2/h5,11H,4,6-9,12-13,31H2,1-3H3;6-10H2,1-5H3/b19-5+,20-14+;. The molecule has 0 aliphatic carbocycles. The van der Waals surface area contributed by atoms with Gasteiger partial charge in [0.2, 0.25) is 5.95 Å². The van der Waals surface area contributed by atoms with Crippen LogP contribution in [0.2, 0.25) is 0 Å². The van der Waals surface area contributed by atoms with E-state index < -0.39 is 11.6 Å². The molecule has 260 valence electrons. The first kappa shape index (κ1) is 37.4. The zero-order chi connectivity index (χ0) is 35.2. The van der Waals surface area contributed by atoms with Gasteiger partial charge in [-0.3, -0.25) is 0 Å². The van der Waals surface area contributed by atoms with Crippen LogP contribution in [0, 0.1) is 22.6 Å². The monoisotopic (exact) mass is 678 g/mol. The molecule has 2 N–H and O–H groups in total. The van der Waals surface area contributed by atoms with E-state index in [4.69, 9.17) is 10.5 Å². The molecule has 2 aliphatic heterocycles. The number of ether oxygens (including phenoxy) is 1. The molecule has 1 fully saturated rings.